The zero-order valence-corrected chi connectivity index (χ0v) is 10.8. The number of hydrogen-bond acceptors (Lipinski definition) is 5. The third kappa shape index (κ3) is 4.16. The molecule has 0 heterocycles. The standard InChI is InChI=1S/C13H17N3O3/c1-19-8-7-16(6-2-5-14)10-3-4-11(13(17)18)12(15)9-10/h3-4,9H,2,6-8,15H2,1H3,(H,17,18). The van der Waals surface area contributed by atoms with Crippen molar-refractivity contribution in [2.45, 2.75) is 6.42 Å². The number of anilines is 2. The molecule has 6 nitrogen and oxygen atoms in total. The molecule has 0 aliphatic heterocycles. The average molecular weight is 263 g/mol. The van der Waals surface area contributed by atoms with Crippen molar-refractivity contribution in [3.8, 4) is 6.07 Å². The molecule has 1 aromatic rings. The number of methoxy groups -OCH3 is 1. The smallest absolute Gasteiger partial charge is 0.337 e. The van der Waals surface area contributed by atoms with Crippen LogP contribution in [0, 0.1) is 11.3 Å². The Morgan fingerprint density at radius 3 is 2.79 bits per heavy atom. The first-order valence-electron chi connectivity index (χ1n) is 5.83. The van der Waals surface area contributed by atoms with Crippen LogP contribution in [0.15, 0.2) is 18.2 Å². The molecule has 3 N–H and O–H groups in total. The number of benzene rings is 1. The van der Waals surface area contributed by atoms with E-state index in [4.69, 9.17) is 20.8 Å². The van der Waals surface area contributed by atoms with Gasteiger partial charge < -0.3 is 20.5 Å². The van der Waals surface area contributed by atoms with E-state index < -0.39 is 5.97 Å². The summed E-state index contributed by atoms with van der Waals surface area (Å²) in [6.07, 6.45) is 0.379. The van der Waals surface area contributed by atoms with Crippen LogP contribution >= 0.6 is 0 Å². The quantitative estimate of drug-likeness (QED) is 0.720. The second-order valence-corrected chi connectivity index (χ2v) is 3.96. The Labute approximate surface area is 112 Å². The summed E-state index contributed by atoms with van der Waals surface area (Å²) in [6, 6.07) is 6.85. The number of nitriles is 1. The van der Waals surface area contributed by atoms with E-state index in [1.165, 1.54) is 6.07 Å². The number of nitrogens with two attached hydrogens (primary N) is 1. The van der Waals surface area contributed by atoms with Gasteiger partial charge >= 0.3 is 5.97 Å². The van der Waals surface area contributed by atoms with Gasteiger partial charge in [0.05, 0.1) is 24.7 Å². The maximum Gasteiger partial charge on any atom is 0.337 e. The summed E-state index contributed by atoms with van der Waals surface area (Å²) in [5.41, 5.74) is 6.79. The molecule has 0 amide bonds. The van der Waals surface area contributed by atoms with Crippen LogP contribution in [-0.4, -0.2) is 37.9 Å². The van der Waals surface area contributed by atoms with Crippen LogP contribution in [0.2, 0.25) is 0 Å². The normalized spacial score (nSPS) is 9.89. The third-order valence-corrected chi connectivity index (χ3v) is 2.69. The Kier molecular flexibility index (Phi) is 5.64. The van der Waals surface area contributed by atoms with Crippen molar-refractivity contribution >= 4 is 17.3 Å². The number of aromatic carboxylic acids is 1. The molecule has 1 rings (SSSR count). The topological polar surface area (TPSA) is 99.6 Å². The number of nitrogen functional groups attached to an aromatic ring is 1. The van der Waals surface area contributed by atoms with E-state index in [0.29, 0.717) is 26.1 Å². The molecule has 0 aromatic heterocycles. The van der Waals surface area contributed by atoms with Crippen LogP contribution in [0.1, 0.15) is 16.8 Å². The van der Waals surface area contributed by atoms with Crippen molar-refractivity contribution in [2.24, 2.45) is 0 Å². The van der Waals surface area contributed by atoms with Gasteiger partial charge in [-0.25, -0.2) is 4.79 Å². The number of ether oxygens (including phenoxy) is 1. The molecule has 0 aliphatic rings. The van der Waals surface area contributed by atoms with Crippen molar-refractivity contribution < 1.29 is 14.6 Å². The fourth-order valence-corrected chi connectivity index (χ4v) is 1.70. The van der Waals surface area contributed by atoms with E-state index in [1.807, 2.05) is 4.90 Å². The largest absolute Gasteiger partial charge is 0.478 e. The maximum absolute atomic E-state index is 10.9. The van der Waals surface area contributed by atoms with Crippen LogP contribution in [-0.2, 0) is 4.74 Å². The van der Waals surface area contributed by atoms with Gasteiger partial charge in [-0.15, -0.1) is 0 Å². The van der Waals surface area contributed by atoms with Gasteiger partial charge in [0.15, 0.2) is 0 Å². The Balaban J connectivity index is 2.92. The molecule has 0 unspecified atom stereocenters. The fourth-order valence-electron chi connectivity index (χ4n) is 1.70. The average Bonchev–Trinajstić information content (AvgIpc) is 2.38. The molecule has 0 aliphatic carbocycles. The van der Waals surface area contributed by atoms with Crippen LogP contribution < -0.4 is 10.6 Å². The molecule has 1 aromatic carbocycles. The van der Waals surface area contributed by atoms with Crippen molar-refractivity contribution in [3.63, 3.8) is 0 Å². The molecule has 6 heteroatoms. The number of carboxylic acids is 1. The highest BCUT2D eigenvalue weighted by Crippen LogP contribution is 2.21. The molecule has 0 fully saturated rings. The summed E-state index contributed by atoms with van der Waals surface area (Å²) in [4.78, 5) is 12.8. The lowest BCUT2D eigenvalue weighted by molar-refractivity contribution is 0.0698. The number of carboxylic acid groups (broad SMARTS) is 1. The van der Waals surface area contributed by atoms with E-state index in [-0.39, 0.29) is 11.3 Å². The fraction of sp³-hybridized carbons (Fsp3) is 0.385. The molecule has 0 bridgehead atoms. The van der Waals surface area contributed by atoms with Crippen LogP contribution in [0.5, 0.6) is 0 Å². The summed E-state index contributed by atoms with van der Waals surface area (Å²) in [7, 11) is 1.60. The Morgan fingerprint density at radius 1 is 1.53 bits per heavy atom. The van der Waals surface area contributed by atoms with E-state index in [1.54, 1.807) is 19.2 Å². The number of rotatable bonds is 7. The summed E-state index contributed by atoms with van der Waals surface area (Å²) >= 11 is 0. The molecule has 19 heavy (non-hydrogen) atoms. The van der Waals surface area contributed by atoms with Crippen LogP contribution in [0.25, 0.3) is 0 Å². The predicted octanol–water partition coefficient (Wildman–Crippen LogP) is 1.33. The zero-order chi connectivity index (χ0) is 14.3. The van der Waals surface area contributed by atoms with E-state index in [2.05, 4.69) is 6.07 Å². The summed E-state index contributed by atoms with van der Waals surface area (Å²) in [5, 5.41) is 17.6. The summed E-state index contributed by atoms with van der Waals surface area (Å²) in [6.45, 7) is 1.68. The Bertz CT molecular complexity index is 483. The zero-order valence-electron chi connectivity index (χ0n) is 10.8. The van der Waals surface area contributed by atoms with Gasteiger partial charge in [0.1, 0.15) is 0 Å². The number of carbonyl (C=O) groups is 1. The highest BCUT2D eigenvalue weighted by atomic mass is 16.5. The SMILES string of the molecule is COCCN(CCC#N)c1ccc(C(=O)O)c(N)c1. The minimum Gasteiger partial charge on any atom is -0.478 e. The Morgan fingerprint density at radius 2 is 2.26 bits per heavy atom. The van der Waals surface area contributed by atoms with Gasteiger partial charge in [-0.3, -0.25) is 0 Å². The molecule has 102 valence electrons. The first-order chi connectivity index (χ1) is 9.10. The molecule has 0 saturated carbocycles. The Hall–Kier alpha value is -2.26. The second kappa shape index (κ2) is 7.24. The molecule has 0 spiro atoms. The number of hydrogen-bond donors (Lipinski definition) is 2. The molecular formula is C13H17N3O3. The minimum atomic E-state index is -1.05. The van der Waals surface area contributed by atoms with E-state index >= 15 is 0 Å². The van der Waals surface area contributed by atoms with Gasteiger partial charge in [0, 0.05) is 31.6 Å². The predicted molar refractivity (Wildman–Crippen MR) is 72.1 cm³/mol. The lowest BCUT2D eigenvalue weighted by Gasteiger charge is -2.24. The first-order valence-corrected chi connectivity index (χ1v) is 5.83. The third-order valence-electron chi connectivity index (χ3n) is 2.69. The van der Waals surface area contributed by atoms with Gasteiger partial charge in [-0.05, 0) is 18.2 Å². The number of nitrogens with zero attached hydrogens (tertiary/aromatic N) is 2. The molecular weight excluding hydrogens is 246 g/mol. The highest BCUT2D eigenvalue weighted by Gasteiger charge is 2.11. The monoisotopic (exact) mass is 263 g/mol. The van der Waals surface area contributed by atoms with Crippen molar-refractivity contribution in [1.82, 2.24) is 0 Å². The van der Waals surface area contributed by atoms with Crippen molar-refractivity contribution in [3.05, 3.63) is 23.8 Å². The van der Waals surface area contributed by atoms with Gasteiger partial charge in [0.2, 0.25) is 0 Å². The van der Waals surface area contributed by atoms with Crippen molar-refractivity contribution in [1.29, 1.82) is 5.26 Å². The van der Waals surface area contributed by atoms with E-state index in [9.17, 15) is 4.79 Å². The molecule has 0 atom stereocenters. The molecule has 0 radical (unpaired) electrons. The van der Waals surface area contributed by atoms with Crippen LogP contribution in [0.4, 0.5) is 11.4 Å². The summed E-state index contributed by atoms with van der Waals surface area (Å²) < 4.78 is 5.02. The lowest BCUT2D eigenvalue weighted by atomic mass is 10.1. The van der Waals surface area contributed by atoms with Gasteiger partial charge in [-0.1, -0.05) is 0 Å². The van der Waals surface area contributed by atoms with Gasteiger partial charge in [-0.2, -0.15) is 5.26 Å². The molecule has 0 saturated heterocycles. The van der Waals surface area contributed by atoms with Gasteiger partial charge in [0.25, 0.3) is 0 Å². The minimum absolute atomic E-state index is 0.0794. The lowest BCUT2D eigenvalue weighted by Crippen LogP contribution is -2.28. The first kappa shape index (κ1) is 14.8. The summed E-state index contributed by atoms with van der Waals surface area (Å²) in [5.74, 6) is -1.05. The van der Waals surface area contributed by atoms with Crippen molar-refractivity contribution in [2.75, 3.05) is 37.4 Å². The highest BCUT2D eigenvalue weighted by molar-refractivity contribution is 5.94. The van der Waals surface area contributed by atoms with E-state index in [0.717, 1.165) is 5.69 Å². The maximum atomic E-state index is 10.9. The van der Waals surface area contributed by atoms with Crippen LogP contribution in [0.3, 0.4) is 0 Å². The second-order valence-electron chi connectivity index (χ2n) is 3.96.